The second kappa shape index (κ2) is 8.93. The summed E-state index contributed by atoms with van der Waals surface area (Å²) < 4.78 is 48.3. The monoisotopic (exact) mass is 452 g/mol. The lowest BCUT2D eigenvalue weighted by atomic mass is 10.1. The Kier molecular flexibility index (Phi) is 6.49. The predicted molar refractivity (Wildman–Crippen MR) is 108 cm³/mol. The zero-order valence-corrected chi connectivity index (χ0v) is 17.8. The highest BCUT2D eigenvalue weighted by Gasteiger charge is 2.30. The fraction of sp³-hybridized carbons (Fsp3) is 0.286. The highest BCUT2D eigenvalue weighted by Crippen LogP contribution is 2.31. The summed E-state index contributed by atoms with van der Waals surface area (Å²) in [7, 11) is 2.87. The summed E-state index contributed by atoms with van der Waals surface area (Å²) in [5, 5.41) is 2.23. The van der Waals surface area contributed by atoms with Crippen molar-refractivity contribution in [3.8, 4) is 10.6 Å². The minimum atomic E-state index is -4.40. The number of furan rings is 1. The number of methoxy groups -OCH3 is 1. The van der Waals surface area contributed by atoms with Crippen LogP contribution in [0.15, 0.2) is 40.1 Å². The van der Waals surface area contributed by atoms with Crippen LogP contribution in [0.1, 0.15) is 33.1 Å². The third-order valence-corrected chi connectivity index (χ3v) is 5.48. The molecule has 0 saturated heterocycles. The SMILES string of the molecule is COC(=O)c1cc(CN(C)C(=O)Cc2csc(-c3ccc(C(F)(F)F)cc3)n2)oc1C. The van der Waals surface area contributed by atoms with E-state index in [1.165, 1.54) is 41.5 Å². The molecule has 3 rings (SSSR count). The number of thiazole rings is 1. The maximum Gasteiger partial charge on any atom is 0.416 e. The van der Waals surface area contributed by atoms with E-state index in [9.17, 15) is 22.8 Å². The summed E-state index contributed by atoms with van der Waals surface area (Å²) in [5.74, 6) is 0.110. The largest absolute Gasteiger partial charge is 0.465 e. The van der Waals surface area contributed by atoms with Crippen molar-refractivity contribution in [1.82, 2.24) is 9.88 Å². The Labute approximate surface area is 180 Å². The molecule has 0 atom stereocenters. The van der Waals surface area contributed by atoms with Gasteiger partial charge in [0.05, 0.1) is 31.3 Å². The Morgan fingerprint density at radius 2 is 1.90 bits per heavy atom. The van der Waals surface area contributed by atoms with Gasteiger partial charge in [-0.05, 0) is 25.1 Å². The number of hydrogen-bond acceptors (Lipinski definition) is 6. The number of aromatic nitrogens is 1. The van der Waals surface area contributed by atoms with Crippen molar-refractivity contribution in [3.63, 3.8) is 0 Å². The van der Waals surface area contributed by atoms with Crippen molar-refractivity contribution in [1.29, 1.82) is 0 Å². The molecule has 0 aliphatic heterocycles. The Hall–Kier alpha value is -3.14. The number of alkyl halides is 3. The smallest absolute Gasteiger partial charge is 0.416 e. The lowest BCUT2D eigenvalue weighted by Gasteiger charge is -2.14. The second-order valence-electron chi connectivity index (χ2n) is 6.82. The molecule has 164 valence electrons. The number of ether oxygens (including phenoxy) is 1. The van der Waals surface area contributed by atoms with Gasteiger partial charge in [-0.1, -0.05) is 12.1 Å². The van der Waals surface area contributed by atoms with Gasteiger partial charge in [0.25, 0.3) is 0 Å². The first kappa shape index (κ1) is 22.5. The first-order chi connectivity index (χ1) is 14.6. The molecule has 0 fully saturated rings. The zero-order valence-electron chi connectivity index (χ0n) is 16.9. The summed E-state index contributed by atoms with van der Waals surface area (Å²) >= 11 is 1.25. The van der Waals surface area contributed by atoms with Gasteiger partial charge in [0.2, 0.25) is 5.91 Å². The highest BCUT2D eigenvalue weighted by molar-refractivity contribution is 7.13. The number of halogens is 3. The maximum absolute atomic E-state index is 12.7. The van der Waals surface area contributed by atoms with Gasteiger partial charge in [-0.2, -0.15) is 13.2 Å². The Balaban J connectivity index is 1.63. The van der Waals surface area contributed by atoms with Gasteiger partial charge in [-0.25, -0.2) is 9.78 Å². The first-order valence-corrected chi connectivity index (χ1v) is 10.00. The van der Waals surface area contributed by atoms with E-state index in [1.807, 2.05) is 0 Å². The van der Waals surface area contributed by atoms with Gasteiger partial charge in [0, 0.05) is 18.0 Å². The summed E-state index contributed by atoms with van der Waals surface area (Å²) in [4.78, 5) is 30.0. The first-order valence-electron chi connectivity index (χ1n) is 9.12. The quantitative estimate of drug-likeness (QED) is 0.506. The van der Waals surface area contributed by atoms with E-state index < -0.39 is 17.7 Å². The van der Waals surface area contributed by atoms with Crippen LogP contribution in [-0.4, -0.2) is 35.9 Å². The van der Waals surface area contributed by atoms with E-state index in [0.717, 1.165) is 12.1 Å². The number of hydrogen-bond donors (Lipinski definition) is 0. The van der Waals surface area contributed by atoms with Crippen molar-refractivity contribution in [2.75, 3.05) is 14.2 Å². The number of carbonyl (C=O) groups excluding carboxylic acids is 2. The van der Waals surface area contributed by atoms with Gasteiger partial charge in [-0.3, -0.25) is 4.79 Å². The van der Waals surface area contributed by atoms with E-state index in [0.29, 0.717) is 33.3 Å². The highest BCUT2D eigenvalue weighted by atomic mass is 32.1. The van der Waals surface area contributed by atoms with Crippen LogP contribution < -0.4 is 0 Å². The average molecular weight is 452 g/mol. The topological polar surface area (TPSA) is 72.6 Å². The third kappa shape index (κ3) is 5.32. The molecule has 3 aromatic rings. The molecule has 0 bridgehead atoms. The zero-order chi connectivity index (χ0) is 22.8. The van der Waals surface area contributed by atoms with Crippen LogP contribution in [0, 0.1) is 6.92 Å². The molecule has 0 saturated carbocycles. The number of rotatable bonds is 6. The molecule has 0 spiro atoms. The van der Waals surface area contributed by atoms with Crippen molar-refractivity contribution < 1.29 is 31.9 Å². The summed E-state index contributed by atoms with van der Waals surface area (Å²) in [6, 6.07) is 6.26. The van der Waals surface area contributed by atoms with E-state index in [2.05, 4.69) is 9.72 Å². The number of esters is 1. The second-order valence-corrected chi connectivity index (χ2v) is 7.68. The Morgan fingerprint density at radius 1 is 1.23 bits per heavy atom. The number of amides is 1. The van der Waals surface area contributed by atoms with Crippen LogP contribution in [-0.2, 0) is 28.7 Å². The fourth-order valence-electron chi connectivity index (χ4n) is 2.87. The van der Waals surface area contributed by atoms with Crippen molar-refractivity contribution >= 4 is 23.2 Å². The molecule has 6 nitrogen and oxygen atoms in total. The minimum absolute atomic E-state index is 0.0250. The molecular weight excluding hydrogens is 433 g/mol. The summed E-state index contributed by atoms with van der Waals surface area (Å²) in [6.07, 6.45) is -4.37. The van der Waals surface area contributed by atoms with Crippen molar-refractivity contribution in [2.45, 2.75) is 26.1 Å². The van der Waals surface area contributed by atoms with E-state index in [-0.39, 0.29) is 18.9 Å². The van der Waals surface area contributed by atoms with Crippen LogP contribution in [0.4, 0.5) is 13.2 Å². The van der Waals surface area contributed by atoms with Gasteiger partial charge in [0.15, 0.2) is 0 Å². The van der Waals surface area contributed by atoms with E-state index >= 15 is 0 Å². The van der Waals surface area contributed by atoms with Crippen LogP contribution in [0.5, 0.6) is 0 Å². The average Bonchev–Trinajstić information content (AvgIpc) is 3.33. The molecule has 0 aliphatic rings. The predicted octanol–water partition coefficient (Wildman–Crippen LogP) is 4.72. The van der Waals surface area contributed by atoms with E-state index in [4.69, 9.17) is 4.42 Å². The summed E-state index contributed by atoms with van der Waals surface area (Å²) in [6.45, 7) is 1.79. The lowest BCUT2D eigenvalue weighted by molar-refractivity contribution is -0.137. The maximum atomic E-state index is 12.7. The molecule has 0 N–H and O–H groups in total. The molecule has 2 aromatic heterocycles. The molecule has 1 aromatic carbocycles. The molecule has 10 heteroatoms. The van der Waals surface area contributed by atoms with Gasteiger partial charge in [0.1, 0.15) is 22.1 Å². The van der Waals surface area contributed by atoms with Gasteiger partial charge < -0.3 is 14.1 Å². The summed E-state index contributed by atoms with van der Waals surface area (Å²) in [5.41, 5.74) is 0.640. The molecule has 0 aliphatic carbocycles. The third-order valence-electron chi connectivity index (χ3n) is 4.54. The number of aryl methyl sites for hydroxylation is 1. The van der Waals surface area contributed by atoms with Crippen LogP contribution in [0.25, 0.3) is 10.6 Å². The minimum Gasteiger partial charge on any atom is -0.465 e. The van der Waals surface area contributed by atoms with Crippen molar-refractivity contribution in [2.24, 2.45) is 0 Å². The Bertz CT molecular complexity index is 1090. The Morgan fingerprint density at radius 3 is 2.52 bits per heavy atom. The fourth-order valence-corrected chi connectivity index (χ4v) is 3.69. The molecule has 31 heavy (non-hydrogen) atoms. The lowest BCUT2D eigenvalue weighted by Crippen LogP contribution is -2.27. The normalized spacial score (nSPS) is 11.4. The van der Waals surface area contributed by atoms with Crippen LogP contribution in [0.2, 0.25) is 0 Å². The molecular formula is C21H19F3N2O4S. The number of benzene rings is 1. The number of carbonyl (C=O) groups is 2. The van der Waals surface area contributed by atoms with Crippen LogP contribution >= 0.6 is 11.3 Å². The molecule has 0 radical (unpaired) electrons. The number of likely N-dealkylation sites (N-methyl/N-ethyl adjacent to an activating group) is 1. The standard InChI is InChI=1S/C21H19F3N2O4S/c1-12-17(20(28)29-3)9-16(30-12)10-26(2)18(27)8-15-11-31-19(25-15)13-4-6-14(7-5-13)21(22,23)24/h4-7,9,11H,8,10H2,1-3H3. The van der Waals surface area contributed by atoms with Crippen LogP contribution in [0.3, 0.4) is 0 Å². The van der Waals surface area contributed by atoms with Crippen molar-refractivity contribution in [3.05, 3.63) is 64.1 Å². The molecule has 1 amide bonds. The van der Waals surface area contributed by atoms with Gasteiger partial charge in [-0.15, -0.1) is 11.3 Å². The van der Waals surface area contributed by atoms with E-state index in [1.54, 1.807) is 19.4 Å². The molecule has 0 unspecified atom stereocenters. The number of nitrogens with zero attached hydrogens (tertiary/aromatic N) is 2. The molecule has 2 heterocycles. The van der Waals surface area contributed by atoms with Gasteiger partial charge >= 0.3 is 12.1 Å².